The fourth-order valence-electron chi connectivity index (χ4n) is 7.85. The summed E-state index contributed by atoms with van der Waals surface area (Å²) in [6, 6.07) is 0. The number of carbonyl (C=O) groups is 1. The lowest BCUT2D eigenvalue weighted by atomic mass is 9.99. The second-order valence-corrected chi connectivity index (χ2v) is 19.1. The van der Waals surface area contributed by atoms with Gasteiger partial charge in [0.15, 0.2) is 6.29 Å². The number of allylic oxidation sites excluding steroid dienone is 12. The van der Waals surface area contributed by atoms with Crippen molar-refractivity contribution in [2.75, 3.05) is 26.4 Å². The first-order valence-corrected chi connectivity index (χ1v) is 28.1. The van der Waals surface area contributed by atoms with Crippen LogP contribution in [0.4, 0.5) is 0 Å². The Bertz CT molecular complexity index is 1460. The van der Waals surface area contributed by atoms with Crippen LogP contribution >= 0.6 is 0 Å². The highest BCUT2D eigenvalue weighted by atomic mass is 32.3. The van der Waals surface area contributed by atoms with Gasteiger partial charge in [0.05, 0.1) is 19.8 Å². The lowest BCUT2D eigenvalue weighted by molar-refractivity contribution is -0.301. The molecular weight excluding hydrogens is 885 g/mol. The van der Waals surface area contributed by atoms with Gasteiger partial charge in [0.25, 0.3) is 0 Å². The summed E-state index contributed by atoms with van der Waals surface area (Å²) in [6.07, 6.45) is 50.7. The molecule has 6 unspecified atom stereocenters. The van der Waals surface area contributed by atoms with Crippen LogP contribution in [0.1, 0.15) is 206 Å². The maximum Gasteiger partial charge on any atom is 0.397 e. The van der Waals surface area contributed by atoms with E-state index in [0.29, 0.717) is 13.0 Å². The number of hydrogen-bond donors (Lipinski definition) is 4. The Labute approximate surface area is 413 Å². The van der Waals surface area contributed by atoms with Crippen LogP contribution in [-0.2, 0) is 38.3 Å². The Morgan fingerprint density at radius 3 is 1.49 bits per heavy atom. The van der Waals surface area contributed by atoms with Gasteiger partial charge in [-0.25, -0.2) is 4.18 Å². The summed E-state index contributed by atoms with van der Waals surface area (Å²) in [5.41, 5.74) is 0. The largest absolute Gasteiger partial charge is 0.457 e. The molecule has 1 heterocycles. The average Bonchev–Trinajstić information content (AvgIpc) is 3.31. The molecule has 1 rings (SSSR count). The lowest BCUT2D eigenvalue weighted by Crippen LogP contribution is -2.60. The van der Waals surface area contributed by atoms with Crippen LogP contribution in [0.2, 0.25) is 0 Å². The Kier molecular flexibility index (Phi) is 42.7. The monoisotopic (exact) mass is 981 g/mol. The quantitative estimate of drug-likeness (QED) is 0.0197. The van der Waals surface area contributed by atoms with Crippen LogP contribution in [0.15, 0.2) is 72.9 Å². The molecule has 1 aliphatic rings. The van der Waals surface area contributed by atoms with Gasteiger partial charge in [-0.1, -0.05) is 209 Å². The van der Waals surface area contributed by atoms with Crippen LogP contribution in [-0.4, -0.2) is 97.5 Å². The van der Waals surface area contributed by atoms with Crippen molar-refractivity contribution in [2.45, 2.75) is 243 Å². The van der Waals surface area contributed by atoms with Gasteiger partial charge < -0.3 is 34.3 Å². The maximum absolute atomic E-state index is 12.9. The van der Waals surface area contributed by atoms with Gasteiger partial charge in [-0.3, -0.25) is 9.35 Å². The van der Waals surface area contributed by atoms with Crippen LogP contribution in [0.25, 0.3) is 0 Å². The molecule has 0 saturated carbocycles. The van der Waals surface area contributed by atoms with Crippen LogP contribution in [0.5, 0.6) is 0 Å². The van der Waals surface area contributed by atoms with Gasteiger partial charge in [0, 0.05) is 13.0 Å². The zero-order valence-corrected chi connectivity index (χ0v) is 43.2. The van der Waals surface area contributed by atoms with Crippen LogP contribution in [0.3, 0.4) is 0 Å². The predicted molar refractivity (Wildman–Crippen MR) is 276 cm³/mol. The topological polar surface area (TPSA) is 178 Å². The van der Waals surface area contributed by atoms with Crippen molar-refractivity contribution < 1.29 is 56.2 Å². The number of rotatable bonds is 46. The maximum atomic E-state index is 12.9. The summed E-state index contributed by atoms with van der Waals surface area (Å²) >= 11 is 0. The molecule has 394 valence electrons. The second kappa shape index (κ2) is 45.7. The number of unbranched alkanes of at least 4 members (excludes halogenated alkanes) is 21. The second-order valence-electron chi connectivity index (χ2n) is 18.1. The first-order valence-electron chi connectivity index (χ1n) is 26.7. The van der Waals surface area contributed by atoms with E-state index in [2.05, 4.69) is 90.9 Å². The minimum absolute atomic E-state index is 0.0211. The predicted octanol–water partition coefficient (Wildman–Crippen LogP) is 12.6. The molecule has 68 heavy (non-hydrogen) atoms. The number of aliphatic hydroxyl groups is 3. The van der Waals surface area contributed by atoms with Crippen molar-refractivity contribution >= 4 is 16.4 Å². The number of esters is 1. The summed E-state index contributed by atoms with van der Waals surface area (Å²) in [5, 5.41) is 30.8. The molecule has 0 amide bonds. The standard InChI is InChI=1S/C55H96O12S/c1-3-5-7-9-11-13-15-17-19-21-22-23-24-25-26-27-29-31-33-35-37-39-41-43-45-63-47-49(48-64-55-53(59)54(67-68(60,61)62)52(58)50(46-56)66-55)65-51(57)44-42-40-38-36-34-32-30-28-20-18-16-14-12-10-8-6-4-2/h5,7,11,13,17,19,22-23,25-26,29,31,49-50,52-56,58-59H,3-4,6,8-10,12,14-16,18,20-21,24,27-28,30,32-48H2,1-2H3,(H,60,61,62)/b7-5-,13-11-,19-17-,23-22-,26-25-,31-29-. The minimum Gasteiger partial charge on any atom is -0.457 e. The molecular formula is C55H96O12S. The van der Waals surface area contributed by atoms with Crippen LogP contribution < -0.4 is 0 Å². The van der Waals surface area contributed by atoms with Crippen molar-refractivity contribution in [3.63, 3.8) is 0 Å². The highest BCUT2D eigenvalue weighted by molar-refractivity contribution is 7.80. The SMILES string of the molecule is CC/C=C\C/C=C\C/C=C\C/C=C\C/C=C\C/C=C\CCCCCCCOCC(COC1OC(CO)C(O)C(OS(=O)(=O)O)C1O)OC(=O)CCCCCCCCCCCCCCCCCCC. The summed E-state index contributed by atoms with van der Waals surface area (Å²) in [5.74, 6) is -0.406. The highest BCUT2D eigenvalue weighted by Crippen LogP contribution is 2.26. The van der Waals surface area contributed by atoms with E-state index in [-0.39, 0.29) is 19.6 Å². The first kappa shape index (κ1) is 63.6. The average molecular weight is 981 g/mol. The van der Waals surface area contributed by atoms with Crippen molar-refractivity contribution in [2.24, 2.45) is 0 Å². The Balaban J connectivity index is 2.36. The van der Waals surface area contributed by atoms with Gasteiger partial charge in [-0.05, 0) is 64.2 Å². The zero-order chi connectivity index (χ0) is 49.6. The third-order valence-electron chi connectivity index (χ3n) is 11.8. The summed E-state index contributed by atoms with van der Waals surface area (Å²) in [4.78, 5) is 12.9. The molecule has 0 aromatic rings. The zero-order valence-electron chi connectivity index (χ0n) is 42.4. The van der Waals surface area contributed by atoms with E-state index in [1.165, 1.54) is 83.5 Å². The lowest BCUT2D eigenvalue weighted by Gasteiger charge is -2.41. The smallest absolute Gasteiger partial charge is 0.397 e. The molecule has 0 aliphatic carbocycles. The Morgan fingerprint density at radius 2 is 1.01 bits per heavy atom. The molecule has 12 nitrogen and oxygen atoms in total. The van der Waals surface area contributed by atoms with Crippen molar-refractivity contribution in [3.8, 4) is 0 Å². The van der Waals surface area contributed by atoms with Crippen molar-refractivity contribution in [3.05, 3.63) is 72.9 Å². The molecule has 1 aliphatic heterocycles. The molecule has 1 saturated heterocycles. The van der Waals surface area contributed by atoms with Gasteiger partial charge in [-0.15, -0.1) is 0 Å². The summed E-state index contributed by atoms with van der Waals surface area (Å²) in [7, 11) is -5.07. The number of carbonyl (C=O) groups excluding carboxylic acids is 1. The Hall–Kier alpha value is -2.46. The molecule has 13 heteroatoms. The minimum atomic E-state index is -5.07. The highest BCUT2D eigenvalue weighted by Gasteiger charge is 2.48. The third-order valence-corrected chi connectivity index (χ3v) is 12.3. The molecule has 0 spiro atoms. The molecule has 0 bridgehead atoms. The fraction of sp³-hybridized carbons (Fsp3) is 0.764. The Morgan fingerprint density at radius 1 is 0.574 bits per heavy atom. The summed E-state index contributed by atoms with van der Waals surface area (Å²) < 4.78 is 59.3. The van der Waals surface area contributed by atoms with Gasteiger partial charge in [-0.2, -0.15) is 8.42 Å². The molecule has 0 aromatic carbocycles. The van der Waals surface area contributed by atoms with E-state index in [0.717, 1.165) is 96.3 Å². The van der Waals surface area contributed by atoms with E-state index in [1.807, 2.05) is 0 Å². The third kappa shape index (κ3) is 38.3. The van der Waals surface area contributed by atoms with E-state index >= 15 is 0 Å². The molecule has 6 atom stereocenters. The van der Waals surface area contributed by atoms with Gasteiger partial charge in [0.1, 0.15) is 30.5 Å². The number of aliphatic hydroxyl groups excluding tert-OH is 3. The van der Waals surface area contributed by atoms with Gasteiger partial charge >= 0.3 is 16.4 Å². The normalized spacial score (nSPS) is 19.9. The van der Waals surface area contributed by atoms with Crippen molar-refractivity contribution in [1.82, 2.24) is 0 Å². The molecule has 0 aromatic heterocycles. The molecule has 1 fully saturated rings. The van der Waals surface area contributed by atoms with E-state index in [1.54, 1.807) is 0 Å². The van der Waals surface area contributed by atoms with Gasteiger partial charge in [0.2, 0.25) is 0 Å². The molecule has 0 radical (unpaired) electrons. The van der Waals surface area contributed by atoms with Crippen LogP contribution in [0, 0.1) is 0 Å². The molecule has 4 N–H and O–H groups in total. The van der Waals surface area contributed by atoms with Crippen molar-refractivity contribution in [1.29, 1.82) is 0 Å². The summed E-state index contributed by atoms with van der Waals surface area (Å²) in [6.45, 7) is 3.85. The van der Waals surface area contributed by atoms with E-state index in [4.69, 9.17) is 18.9 Å². The number of hydrogen-bond acceptors (Lipinski definition) is 11. The number of ether oxygens (including phenoxy) is 4. The van der Waals surface area contributed by atoms with E-state index < -0.39 is 59.8 Å². The van der Waals surface area contributed by atoms with E-state index in [9.17, 15) is 33.1 Å². The first-order chi connectivity index (χ1) is 33.1. The fourth-order valence-corrected chi connectivity index (χ4v) is 8.36.